The molecule has 0 aliphatic carbocycles. The lowest BCUT2D eigenvalue weighted by atomic mass is 10.1. The minimum Gasteiger partial charge on any atom is -0.382 e. The summed E-state index contributed by atoms with van der Waals surface area (Å²) in [5.74, 6) is -0.273. The summed E-state index contributed by atoms with van der Waals surface area (Å²) in [5, 5.41) is 4.72. The van der Waals surface area contributed by atoms with Gasteiger partial charge in [-0.2, -0.15) is 0 Å². The van der Waals surface area contributed by atoms with Gasteiger partial charge < -0.3 is 11.1 Å². The first-order valence-electron chi connectivity index (χ1n) is 8.33. The van der Waals surface area contributed by atoms with Gasteiger partial charge in [0.15, 0.2) is 5.16 Å². The average Bonchev–Trinajstić information content (AvgIpc) is 3.22. The highest BCUT2D eigenvalue weighted by Gasteiger charge is 2.23. The first-order chi connectivity index (χ1) is 13.4. The Labute approximate surface area is 171 Å². The highest BCUT2D eigenvalue weighted by atomic mass is 32.2. The molecule has 2 aromatic heterocycles. The molecule has 1 aromatic carbocycles. The predicted octanol–water partition coefficient (Wildman–Crippen LogP) is 3.25. The number of nitrogen functional groups attached to an aromatic ring is 1. The van der Waals surface area contributed by atoms with Crippen molar-refractivity contribution in [2.75, 3.05) is 16.8 Å². The molecule has 0 aliphatic heterocycles. The predicted molar refractivity (Wildman–Crippen MR) is 111 cm³/mol. The molecule has 0 saturated heterocycles. The highest BCUT2D eigenvalue weighted by Crippen LogP contribution is 2.28. The van der Waals surface area contributed by atoms with Crippen LogP contribution in [-0.2, 0) is 21.1 Å². The van der Waals surface area contributed by atoms with Crippen LogP contribution in [0.1, 0.15) is 12.5 Å². The van der Waals surface area contributed by atoms with E-state index in [1.807, 2.05) is 31.2 Å². The molecule has 3 N–H and O–H groups in total. The number of nitrogens with two attached hydrogens (primary N) is 1. The number of thioether (sulfide) groups is 1. The van der Waals surface area contributed by atoms with Crippen molar-refractivity contribution in [2.24, 2.45) is 0 Å². The number of nitrogens with zero attached hydrogens (tertiary/aromatic N) is 2. The quantitative estimate of drug-likeness (QED) is 0.433. The summed E-state index contributed by atoms with van der Waals surface area (Å²) in [7, 11) is -3.74. The second-order valence-electron chi connectivity index (χ2n) is 5.73. The lowest BCUT2D eigenvalue weighted by Crippen LogP contribution is -2.14. The SMILES string of the molecule is CCc1cccc(NC(=O)CSc2ncc(S(=O)(=O)c3cccs3)c(N)n2)c1. The van der Waals surface area contributed by atoms with Gasteiger partial charge in [-0.3, -0.25) is 4.79 Å². The summed E-state index contributed by atoms with van der Waals surface area (Å²) in [6, 6.07) is 10.8. The van der Waals surface area contributed by atoms with Crippen molar-refractivity contribution in [3.8, 4) is 0 Å². The second kappa shape index (κ2) is 8.72. The monoisotopic (exact) mass is 434 g/mol. The molecule has 0 atom stereocenters. The first kappa shape index (κ1) is 20.3. The number of carbonyl (C=O) groups excluding carboxylic acids is 1. The zero-order valence-corrected chi connectivity index (χ0v) is 17.4. The van der Waals surface area contributed by atoms with Crippen molar-refractivity contribution in [3.05, 3.63) is 53.5 Å². The Morgan fingerprint density at radius 3 is 2.79 bits per heavy atom. The molecule has 0 radical (unpaired) electrons. The maximum atomic E-state index is 12.5. The van der Waals surface area contributed by atoms with E-state index in [4.69, 9.17) is 5.73 Å². The van der Waals surface area contributed by atoms with Gasteiger partial charge >= 0.3 is 0 Å². The van der Waals surface area contributed by atoms with Crippen LogP contribution >= 0.6 is 23.1 Å². The maximum absolute atomic E-state index is 12.5. The molecule has 146 valence electrons. The van der Waals surface area contributed by atoms with E-state index in [1.54, 1.807) is 11.4 Å². The average molecular weight is 435 g/mol. The fraction of sp³-hybridized carbons (Fsp3) is 0.167. The molecule has 0 saturated carbocycles. The maximum Gasteiger partial charge on any atom is 0.234 e. The number of rotatable bonds is 7. The normalized spacial score (nSPS) is 11.3. The van der Waals surface area contributed by atoms with Gasteiger partial charge in [0.25, 0.3) is 0 Å². The molecule has 2 heterocycles. The Morgan fingerprint density at radius 2 is 2.11 bits per heavy atom. The molecule has 0 bridgehead atoms. The number of hydrogen-bond donors (Lipinski definition) is 2. The number of thiophene rings is 1. The summed E-state index contributed by atoms with van der Waals surface area (Å²) in [6.45, 7) is 2.04. The molecular weight excluding hydrogens is 416 g/mol. The van der Waals surface area contributed by atoms with Crippen LogP contribution in [-0.4, -0.2) is 30.0 Å². The van der Waals surface area contributed by atoms with Crippen molar-refractivity contribution in [2.45, 2.75) is 27.6 Å². The number of sulfone groups is 1. The van der Waals surface area contributed by atoms with E-state index in [0.29, 0.717) is 0 Å². The molecule has 0 fully saturated rings. The number of aryl methyl sites for hydroxylation is 1. The number of nitrogens with one attached hydrogen (secondary N) is 1. The standard InChI is InChI=1S/C18H18N4O3S3/c1-2-12-5-3-6-13(9-12)21-15(23)11-27-18-20-10-14(17(19)22-18)28(24,25)16-7-4-8-26-16/h3-10H,2,11H2,1H3,(H,21,23)(H2,19,20,22). The van der Waals surface area contributed by atoms with Gasteiger partial charge in [-0.15, -0.1) is 11.3 Å². The topological polar surface area (TPSA) is 115 Å². The van der Waals surface area contributed by atoms with Crippen molar-refractivity contribution in [3.63, 3.8) is 0 Å². The zero-order valence-electron chi connectivity index (χ0n) is 15.0. The van der Waals surface area contributed by atoms with Crippen molar-refractivity contribution < 1.29 is 13.2 Å². The third-order valence-corrected chi connectivity index (χ3v) is 7.79. The summed E-state index contributed by atoms with van der Waals surface area (Å²) in [6.07, 6.45) is 2.06. The van der Waals surface area contributed by atoms with Crippen LogP contribution < -0.4 is 11.1 Å². The van der Waals surface area contributed by atoms with Gasteiger partial charge in [0, 0.05) is 5.69 Å². The Hall–Kier alpha value is -2.43. The van der Waals surface area contributed by atoms with E-state index in [1.165, 1.54) is 12.3 Å². The highest BCUT2D eigenvalue weighted by molar-refractivity contribution is 7.99. The molecule has 3 aromatic rings. The van der Waals surface area contributed by atoms with E-state index in [0.717, 1.165) is 40.8 Å². The van der Waals surface area contributed by atoms with Crippen LogP contribution in [0.5, 0.6) is 0 Å². The van der Waals surface area contributed by atoms with Crippen LogP contribution in [0.15, 0.2) is 62.2 Å². The summed E-state index contributed by atoms with van der Waals surface area (Å²) < 4.78 is 25.2. The van der Waals surface area contributed by atoms with E-state index in [9.17, 15) is 13.2 Å². The number of hydrogen-bond acceptors (Lipinski definition) is 8. The van der Waals surface area contributed by atoms with E-state index >= 15 is 0 Å². The molecule has 7 nitrogen and oxygen atoms in total. The Morgan fingerprint density at radius 1 is 1.29 bits per heavy atom. The van der Waals surface area contributed by atoms with E-state index < -0.39 is 9.84 Å². The summed E-state index contributed by atoms with van der Waals surface area (Å²) in [4.78, 5) is 20.1. The first-order valence-corrected chi connectivity index (χ1v) is 11.7. The van der Waals surface area contributed by atoms with Crippen molar-refractivity contribution in [1.29, 1.82) is 0 Å². The number of benzene rings is 1. The third kappa shape index (κ3) is 4.70. The number of amides is 1. The summed E-state index contributed by atoms with van der Waals surface area (Å²) >= 11 is 2.18. The molecule has 10 heteroatoms. The van der Waals surface area contributed by atoms with Gasteiger partial charge in [-0.05, 0) is 35.6 Å². The molecule has 1 amide bonds. The van der Waals surface area contributed by atoms with Crippen LogP contribution in [0, 0.1) is 0 Å². The van der Waals surface area contributed by atoms with Crippen LogP contribution in [0.3, 0.4) is 0 Å². The number of anilines is 2. The Kier molecular flexibility index (Phi) is 6.32. The fourth-order valence-electron chi connectivity index (χ4n) is 2.36. The third-order valence-electron chi connectivity index (χ3n) is 3.76. The van der Waals surface area contributed by atoms with Gasteiger partial charge in [0.05, 0.1) is 11.9 Å². The lowest BCUT2D eigenvalue weighted by Gasteiger charge is -2.08. The molecular formula is C18H18N4O3S3. The molecule has 3 rings (SSSR count). The molecule has 0 spiro atoms. The van der Waals surface area contributed by atoms with Crippen LogP contribution in [0.4, 0.5) is 11.5 Å². The largest absolute Gasteiger partial charge is 0.382 e. The number of aromatic nitrogens is 2. The number of carbonyl (C=O) groups is 1. The van der Waals surface area contributed by atoms with E-state index in [-0.39, 0.29) is 31.7 Å². The summed E-state index contributed by atoms with van der Waals surface area (Å²) in [5.41, 5.74) is 7.69. The second-order valence-corrected chi connectivity index (χ2v) is 9.76. The van der Waals surface area contributed by atoms with Crippen molar-refractivity contribution >= 4 is 50.3 Å². The minimum absolute atomic E-state index is 0.0762. The van der Waals surface area contributed by atoms with E-state index in [2.05, 4.69) is 15.3 Å². The van der Waals surface area contributed by atoms with Gasteiger partial charge in [-0.1, -0.05) is 36.9 Å². The van der Waals surface area contributed by atoms with Gasteiger partial charge in [-0.25, -0.2) is 18.4 Å². The lowest BCUT2D eigenvalue weighted by molar-refractivity contribution is -0.113. The van der Waals surface area contributed by atoms with Crippen LogP contribution in [0.25, 0.3) is 0 Å². The minimum atomic E-state index is -3.74. The molecule has 28 heavy (non-hydrogen) atoms. The molecule has 0 unspecified atom stereocenters. The van der Waals surface area contributed by atoms with Crippen molar-refractivity contribution in [1.82, 2.24) is 9.97 Å². The Balaban J connectivity index is 1.65. The smallest absolute Gasteiger partial charge is 0.234 e. The van der Waals surface area contributed by atoms with Crippen LogP contribution in [0.2, 0.25) is 0 Å². The zero-order chi connectivity index (χ0) is 20.1. The van der Waals surface area contributed by atoms with Gasteiger partial charge in [0.1, 0.15) is 14.9 Å². The Bertz CT molecular complexity index is 1080. The molecule has 0 aliphatic rings. The van der Waals surface area contributed by atoms with Gasteiger partial charge in [0.2, 0.25) is 15.7 Å². The fourth-order valence-corrected chi connectivity index (χ4v) is 5.37.